The summed E-state index contributed by atoms with van der Waals surface area (Å²) in [6.07, 6.45) is 5.43. The van der Waals surface area contributed by atoms with Gasteiger partial charge in [0.1, 0.15) is 0 Å². The predicted molar refractivity (Wildman–Crippen MR) is 55.5 cm³/mol. The lowest BCUT2D eigenvalue weighted by Gasteiger charge is -2.12. The van der Waals surface area contributed by atoms with Crippen molar-refractivity contribution in [3.8, 4) is 0 Å². The zero-order chi connectivity index (χ0) is 9.40. The first-order chi connectivity index (χ1) is 5.70. The second-order valence-corrected chi connectivity index (χ2v) is 3.91. The highest BCUT2D eigenvalue weighted by Crippen LogP contribution is 2.00. The van der Waals surface area contributed by atoms with Crippen molar-refractivity contribution in [2.24, 2.45) is 0 Å². The van der Waals surface area contributed by atoms with Crippen LogP contribution in [0.4, 0.5) is 0 Å². The lowest BCUT2D eigenvalue weighted by molar-refractivity contribution is -0.119. The zero-order valence-corrected chi connectivity index (χ0v) is 9.04. The molecule has 0 aromatic carbocycles. The molecule has 1 amide bonds. The molecule has 1 N–H and O–H groups in total. The molecule has 72 valence electrons. The maximum atomic E-state index is 11.1. The lowest BCUT2D eigenvalue weighted by Crippen LogP contribution is -2.33. The fraction of sp³-hybridized carbons (Fsp3) is 0.889. The van der Waals surface area contributed by atoms with E-state index >= 15 is 0 Å². The molecule has 0 aromatic rings. The van der Waals surface area contributed by atoms with Crippen LogP contribution in [-0.4, -0.2) is 24.0 Å². The SMILES string of the molecule is CCCCC(C)NC(=O)CSC. The minimum atomic E-state index is 0.158. The molecule has 0 radical (unpaired) electrons. The van der Waals surface area contributed by atoms with Crippen LogP contribution >= 0.6 is 11.8 Å². The molecule has 0 aromatic heterocycles. The van der Waals surface area contributed by atoms with Crippen LogP contribution in [0.25, 0.3) is 0 Å². The second-order valence-electron chi connectivity index (χ2n) is 3.04. The minimum Gasteiger partial charge on any atom is -0.353 e. The maximum absolute atomic E-state index is 11.1. The van der Waals surface area contributed by atoms with E-state index in [1.807, 2.05) is 6.26 Å². The molecule has 0 heterocycles. The quantitative estimate of drug-likeness (QED) is 0.693. The number of amides is 1. The van der Waals surface area contributed by atoms with Crippen LogP contribution in [0.15, 0.2) is 0 Å². The van der Waals surface area contributed by atoms with Crippen LogP contribution in [0.1, 0.15) is 33.1 Å². The summed E-state index contributed by atoms with van der Waals surface area (Å²) in [5, 5.41) is 2.96. The van der Waals surface area contributed by atoms with Gasteiger partial charge in [-0.25, -0.2) is 0 Å². The number of thioether (sulfide) groups is 1. The fourth-order valence-corrected chi connectivity index (χ4v) is 1.38. The molecule has 0 spiro atoms. The molecule has 1 atom stereocenters. The van der Waals surface area contributed by atoms with E-state index in [1.54, 1.807) is 11.8 Å². The number of rotatable bonds is 6. The molecule has 0 bridgehead atoms. The summed E-state index contributed by atoms with van der Waals surface area (Å²) < 4.78 is 0. The van der Waals surface area contributed by atoms with Gasteiger partial charge in [-0.1, -0.05) is 19.8 Å². The molecule has 2 nitrogen and oxygen atoms in total. The molecule has 0 aliphatic heterocycles. The zero-order valence-electron chi connectivity index (χ0n) is 8.22. The van der Waals surface area contributed by atoms with Crippen molar-refractivity contribution < 1.29 is 4.79 Å². The number of nitrogens with one attached hydrogen (secondary N) is 1. The summed E-state index contributed by atoms with van der Waals surface area (Å²) in [5.41, 5.74) is 0. The summed E-state index contributed by atoms with van der Waals surface area (Å²) in [5.74, 6) is 0.738. The Balaban J connectivity index is 3.40. The standard InChI is InChI=1S/C9H19NOS/c1-4-5-6-8(2)10-9(11)7-12-3/h8H,4-7H2,1-3H3,(H,10,11). The van der Waals surface area contributed by atoms with Crippen LogP contribution in [-0.2, 0) is 4.79 Å². The first-order valence-electron chi connectivity index (χ1n) is 4.49. The lowest BCUT2D eigenvalue weighted by atomic mass is 10.1. The van der Waals surface area contributed by atoms with Gasteiger partial charge in [-0.2, -0.15) is 11.8 Å². The molecular weight excluding hydrogens is 170 g/mol. The van der Waals surface area contributed by atoms with Gasteiger partial charge in [0.25, 0.3) is 0 Å². The Hall–Kier alpha value is -0.180. The van der Waals surface area contributed by atoms with Crippen molar-refractivity contribution in [1.29, 1.82) is 0 Å². The monoisotopic (exact) mass is 189 g/mol. The van der Waals surface area contributed by atoms with Crippen LogP contribution in [0.2, 0.25) is 0 Å². The summed E-state index contributed by atoms with van der Waals surface area (Å²) >= 11 is 1.56. The minimum absolute atomic E-state index is 0.158. The third-order valence-corrected chi connectivity index (χ3v) is 2.22. The number of carbonyl (C=O) groups is 1. The largest absolute Gasteiger partial charge is 0.353 e. The first-order valence-corrected chi connectivity index (χ1v) is 5.88. The Morgan fingerprint density at radius 1 is 1.58 bits per heavy atom. The third kappa shape index (κ3) is 6.53. The number of carbonyl (C=O) groups excluding carboxylic acids is 1. The second kappa shape index (κ2) is 7.47. The summed E-state index contributed by atoms with van der Waals surface area (Å²) in [6.45, 7) is 4.23. The van der Waals surface area contributed by atoms with E-state index in [0.717, 1.165) is 6.42 Å². The van der Waals surface area contributed by atoms with Crippen molar-refractivity contribution in [3.63, 3.8) is 0 Å². The van der Waals surface area contributed by atoms with Crippen molar-refractivity contribution in [2.45, 2.75) is 39.2 Å². The van der Waals surface area contributed by atoms with Gasteiger partial charge in [-0.3, -0.25) is 4.79 Å². The Bertz CT molecular complexity index is 128. The van der Waals surface area contributed by atoms with Crippen molar-refractivity contribution in [2.75, 3.05) is 12.0 Å². The van der Waals surface area contributed by atoms with Crippen molar-refractivity contribution in [3.05, 3.63) is 0 Å². The van der Waals surface area contributed by atoms with Crippen molar-refractivity contribution >= 4 is 17.7 Å². The fourth-order valence-electron chi connectivity index (χ4n) is 1.03. The predicted octanol–water partition coefficient (Wildman–Crippen LogP) is 2.04. The third-order valence-electron chi connectivity index (χ3n) is 1.67. The molecule has 3 heteroatoms. The van der Waals surface area contributed by atoms with Gasteiger partial charge >= 0.3 is 0 Å². The average molecular weight is 189 g/mol. The van der Waals surface area contributed by atoms with Gasteiger partial charge in [0, 0.05) is 6.04 Å². The van der Waals surface area contributed by atoms with Crippen LogP contribution in [0.5, 0.6) is 0 Å². The van der Waals surface area contributed by atoms with E-state index in [4.69, 9.17) is 0 Å². The van der Waals surface area contributed by atoms with Gasteiger partial charge in [0.2, 0.25) is 5.91 Å². The Morgan fingerprint density at radius 2 is 2.25 bits per heavy atom. The van der Waals surface area contributed by atoms with Crippen LogP contribution in [0.3, 0.4) is 0 Å². The molecule has 12 heavy (non-hydrogen) atoms. The number of hydrogen-bond acceptors (Lipinski definition) is 2. The Morgan fingerprint density at radius 3 is 2.75 bits per heavy atom. The van der Waals surface area contributed by atoms with E-state index < -0.39 is 0 Å². The van der Waals surface area contributed by atoms with Gasteiger partial charge < -0.3 is 5.32 Å². The number of hydrogen-bond donors (Lipinski definition) is 1. The smallest absolute Gasteiger partial charge is 0.230 e. The van der Waals surface area contributed by atoms with Crippen LogP contribution < -0.4 is 5.32 Å². The van der Waals surface area contributed by atoms with Crippen molar-refractivity contribution in [1.82, 2.24) is 5.32 Å². The highest BCUT2D eigenvalue weighted by Gasteiger charge is 2.04. The summed E-state index contributed by atoms with van der Waals surface area (Å²) in [7, 11) is 0. The highest BCUT2D eigenvalue weighted by molar-refractivity contribution is 7.99. The molecule has 0 saturated carbocycles. The van der Waals surface area contributed by atoms with Gasteiger partial charge in [0.15, 0.2) is 0 Å². The maximum Gasteiger partial charge on any atom is 0.230 e. The molecular formula is C9H19NOS. The van der Waals surface area contributed by atoms with Gasteiger partial charge in [-0.05, 0) is 19.6 Å². The van der Waals surface area contributed by atoms with Gasteiger partial charge in [-0.15, -0.1) is 0 Å². The molecule has 0 fully saturated rings. The molecule has 0 aliphatic carbocycles. The average Bonchev–Trinajstić information content (AvgIpc) is 2.01. The van der Waals surface area contributed by atoms with Gasteiger partial charge in [0.05, 0.1) is 5.75 Å². The topological polar surface area (TPSA) is 29.1 Å². The molecule has 0 saturated heterocycles. The van der Waals surface area contributed by atoms with E-state index in [2.05, 4.69) is 19.2 Å². The van der Waals surface area contributed by atoms with E-state index in [-0.39, 0.29) is 5.91 Å². The number of unbranched alkanes of at least 4 members (excludes halogenated alkanes) is 1. The van der Waals surface area contributed by atoms with E-state index in [0.29, 0.717) is 11.8 Å². The Labute approximate surface area is 79.5 Å². The highest BCUT2D eigenvalue weighted by atomic mass is 32.2. The van der Waals surface area contributed by atoms with Crippen LogP contribution in [0, 0.1) is 0 Å². The summed E-state index contributed by atoms with van der Waals surface area (Å²) in [4.78, 5) is 11.1. The molecule has 0 aliphatic rings. The normalized spacial score (nSPS) is 12.6. The molecule has 0 rings (SSSR count). The first kappa shape index (κ1) is 11.8. The Kier molecular flexibility index (Phi) is 7.36. The van der Waals surface area contributed by atoms with E-state index in [1.165, 1.54) is 12.8 Å². The molecule has 1 unspecified atom stereocenters. The van der Waals surface area contributed by atoms with E-state index in [9.17, 15) is 4.79 Å². The summed E-state index contributed by atoms with van der Waals surface area (Å²) in [6, 6.07) is 0.338.